The molecule has 0 aliphatic heterocycles. The molecule has 0 saturated heterocycles. The Morgan fingerprint density at radius 3 is 2.36 bits per heavy atom. The molecule has 14 heavy (non-hydrogen) atoms. The molecular weight excluding hydrogens is 217 g/mol. The molecule has 3 heteroatoms. The number of rotatable bonds is 4. The Balaban J connectivity index is 2.75. The third kappa shape index (κ3) is 3.16. The van der Waals surface area contributed by atoms with E-state index in [1.54, 1.807) is 0 Å². The maximum absolute atomic E-state index is 6.06. The van der Waals surface area contributed by atoms with Crippen molar-refractivity contribution in [2.24, 2.45) is 0 Å². The van der Waals surface area contributed by atoms with E-state index in [0.717, 1.165) is 28.6 Å². The largest absolute Gasteiger partial charge is 0.314 e. The number of hydrogen-bond acceptors (Lipinski definition) is 1. The quantitative estimate of drug-likeness (QED) is 0.837. The number of nitrogens with one attached hydrogen (secondary N) is 1. The Hall–Kier alpha value is -0.240. The highest BCUT2D eigenvalue weighted by molar-refractivity contribution is 6.35. The van der Waals surface area contributed by atoms with Crippen molar-refractivity contribution in [2.75, 3.05) is 6.54 Å². The van der Waals surface area contributed by atoms with E-state index >= 15 is 0 Å². The van der Waals surface area contributed by atoms with Crippen molar-refractivity contribution in [3.8, 4) is 0 Å². The van der Waals surface area contributed by atoms with Gasteiger partial charge in [0.25, 0.3) is 0 Å². The van der Waals surface area contributed by atoms with Gasteiger partial charge in [0.05, 0.1) is 0 Å². The van der Waals surface area contributed by atoms with Crippen molar-refractivity contribution < 1.29 is 0 Å². The second kappa shape index (κ2) is 5.59. The molecule has 0 spiro atoms. The smallest absolute Gasteiger partial charge is 0.0453 e. The van der Waals surface area contributed by atoms with Crippen LogP contribution in [0.5, 0.6) is 0 Å². The zero-order chi connectivity index (χ0) is 10.6. The van der Waals surface area contributed by atoms with Gasteiger partial charge in [0.15, 0.2) is 0 Å². The van der Waals surface area contributed by atoms with Crippen LogP contribution in [0, 0.1) is 0 Å². The predicted octanol–water partition coefficient (Wildman–Crippen LogP) is 3.53. The van der Waals surface area contributed by atoms with Crippen molar-refractivity contribution in [3.05, 3.63) is 33.8 Å². The lowest BCUT2D eigenvalue weighted by atomic mass is 10.1. The molecule has 0 heterocycles. The van der Waals surface area contributed by atoms with Crippen LogP contribution in [0.15, 0.2) is 18.2 Å². The van der Waals surface area contributed by atoms with Gasteiger partial charge in [-0.2, -0.15) is 0 Å². The van der Waals surface area contributed by atoms with Gasteiger partial charge >= 0.3 is 0 Å². The fourth-order valence-corrected chi connectivity index (χ4v) is 2.01. The Morgan fingerprint density at radius 2 is 1.86 bits per heavy atom. The highest BCUT2D eigenvalue weighted by Crippen LogP contribution is 2.25. The third-order valence-electron chi connectivity index (χ3n) is 2.12. The van der Waals surface area contributed by atoms with Crippen LogP contribution in [0.2, 0.25) is 10.0 Å². The van der Waals surface area contributed by atoms with Crippen LogP contribution in [-0.4, -0.2) is 12.6 Å². The molecule has 78 valence electrons. The second-order valence-corrected chi connectivity index (χ2v) is 4.18. The molecule has 1 nitrogen and oxygen atoms in total. The molecule has 0 saturated carbocycles. The molecule has 0 aliphatic rings. The van der Waals surface area contributed by atoms with Crippen molar-refractivity contribution in [3.63, 3.8) is 0 Å². The lowest BCUT2D eigenvalue weighted by molar-refractivity contribution is 0.565. The van der Waals surface area contributed by atoms with Crippen molar-refractivity contribution >= 4 is 23.2 Å². The molecule has 0 bridgehead atoms. The van der Waals surface area contributed by atoms with Crippen molar-refractivity contribution in [2.45, 2.75) is 26.3 Å². The number of hydrogen-bond donors (Lipinski definition) is 1. The lowest BCUT2D eigenvalue weighted by Gasteiger charge is -2.14. The standard InChI is InChI=1S/C11H15Cl2N/c1-3-14-8(2)7-9-10(12)5-4-6-11(9)13/h4-6,8,14H,3,7H2,1-2H3. The predicted molar refractivity (Wildman–Crippen MR) is 63.3 cm³/mol. The fourth-order valence-electron chi connectivity index (χ4n) is 1.45. The van der Waals surface area contributed by atoms with Gasteiger partial charge in [-0.1, -0.05) is 36.2 Å². The van der Waals surface area contributed by atoms with E-state index in [1.165, 1.54) is 0 Å². The molecule has 1 atom stereocenters. The van der Waals surface area contributed by atoms with E-state index < -0.39 is 0 Å². The van der Waals surface area contributed by atoms with E-state index in [4.69, 9.17) is 23.2 Å². The summed E-state index contributed by atoms with van der Waals surface area (Å²) in [4.78, 5) is 0. The molecule has 1 aromatic carbocycles. The van der Waals surface area contributed by atoms with E-state index in [-0.39, 0.29) is 0 Å². The molecular formula is C11H15Cl2N. The van der Waals surface area contributed by atoms with Crippen LogP contribution in [0.3, 0.4) is 0 Å². The summed E-state index contributed by atoms with van der Waals surface area (Å²) in [7, 11) is 0. The third-order valence-corrected chi connectivity index (χ3v) is 2.83. The number of halogens is 2. The summed E-state index contributed by atoms with van der Waals surface area (Å²) in [5, 5.41) is 4.84. The summed E-state index contributed by atoms with van der Waals surface area (Å²) < 4.78 is 0. The SMILES string of the molecule is CCNC(C)Cc1c(Cl)cccc1Cl. The molecule has 0 fully saturated rings. The lowest BCUT2D eigenvalue weighted by Crippen LogP contribution is -2.27. The van der Waals surface area contributed by atoms with Crippen molar-refractivity contribution in [1.29, 1.82) is 0 Å². The monoisotopic (exact) mass is 231 g/mol. The van der Waals surface area contributed by atoms with Gasteiger partial charge in [0, 0.05) is 16.1 Å². The zero-order valence-corrected chi connectivity index (χ0v) is 9.99. The van der Waals surface area contributed by atoms with Crippen LogP contribution in [0.25, 0.3) is 0 Å². The Bertz CT molecular complexity index is 279. The molecule has 1 unspecified atom stereocenters. The summed E-state index contributed by atoms with van der Waals surface area (Å²) in [6.07, 6.45) is 0.867. The molecule has 0 aliphatic carbocycles. The molecule has 0 radical (unpaired) electrons. The summed E-state index contributed by atoms with van der Waals surface area (Å²) in [5.74, 6) is 0. The molecule has 0 aromatic heterocycles. The minimum atomic E-state index is 0.400. The highest BCUT2D eigenvalue weighted by atomic mass is 35.5. The van der Waals surface area contributed by atoms with Gasteiger partial charge in [-0.3, -0.25) is 0 Å². The summed E-state index contributed by atoms with van der Waals surface area (Å²) in [6, 6.07) is 6.02. The van der Waals surface area contributed by atoms with Gasteiger partial charge < -0.3 is 5.32 Å². The van der Waals surface area contributed by atoms with Crippen LogP contribution >= 0.6 is 23.2 Å². The van der Waals surface area contributed by atoms with Crippen molar-refractivity contribution in [1.82, 2.24) is 5.32 Å². The van der Waals surface area contributed by atoms with E-state index in [9.17, 15) is 0 Å². The van der Waals surface area contributed by atoms with E-state index in [2.05, 4.69) is 19.2 Å². The zero-order valence-electron chi connectivity index (χ0n) is 8.48. The first kappa shape index (κ1) is 11.8. The van der Waals surface area contributed by atoms with Crippen LogP contribution in [0.4, 0.5) is 0 Å². The topological polar surface area (TPSA) is 12.0 Å². The van der Waals surface area contributed by atoms with Gasteiger partial charge in [0.1, 0.15) is 0 Å². The second-order valence-electron chi connectivity index (χ2n) is 3.36. The Labute approximate surface area is 95.4 Å². The summed E-state index contributed by atoms with van der Waals surface area (Å²) >= 11 is 12.1. The first-order chi connectivity index (χ1) is 6.65. The van der Waals surface area contributed by atoms with E-state index in [1.807, 2.05) is 18.2 Å². The maximum atomic E-state index is 6.06. The fraction of sp³-hybridized carbons (Fsp3) is 0.455. The minimum absolute atomic E-state index is 0.400. The average molecular weight is 232 g/mol. The Kier molecular flexibility index (Phi) is 4.73. The normalized spacial score (nSPS) is 12.9. The van der Waals surface area contributed by atoms with E-state index in [0.29, 0.717) is 6.04 Å². The minimum Gasteiger partial charge on any atom is -0.314 e. The van der Waals surface area contributed by atoms with Gasteiger partial charge in [-0.25, -0.2) is 0 Å². The molecule has 1 N–H and O–H groups in total. The van der Waals surface area contributed by atoms with Crippen LogP contribution in [0.1, 0.15) is 19.4 Å². The highest BCUT2D eigenvalue weighted by Gasteiger charge is 2.08. The molecule has 1 rings (SSSR count). The number of benzene rings is 1. The van der Waals surface area contributed by atoms with Gasteiger partial charge in [0.2, 0.25) is 0 Å². The molecule has 0 amide bonds. The molecule has 1 aromatic rings. The van der Waals surface area contributed by atoms with Crippen LogP contribution < -0.4 is 5.32 Å². The summed E-state index contributed by atoms with van der Waals surface area (Å²) in [6.45, 7) is 5.18. The van der Waals surface area contributed by atoms with Crippen LogP contribution in [-0.2, 0) is 6.42 Å². The van der Waals surface area contributed by atoms with Gasteiger partial charge in [-0.15, -0.1) is 0 Å². The maximum Gasteiger partial charge on any atom is 0.0453 e. The first-order valence-corrected chi connectivity index (χ1v) is 5.57. The van der Waals surface area contributed by atoms with Gasteiger partial charge in [-0.05, 0) is 37.6 Å². The summed E-state index contributed by atoms with van der Waals surface area (Å²) in [5.41, 5.74) is 1.03. The first-order valence-electron chi connectivity index (χ1n) is 4.81. The average Bonchev–Trinajstić information content (AvgIpc) is 2.12. The Morgan fingerprint density at radius 1 is 1.29 bits per heavy atom. The number of likely N-dealkylation sites (N-methyl/N-ethyl adjacent to an activating group) is 1.